The molecule has 4 rings (SSSR count). The summed E-state index contributed by atoms with van der Waals surface area (Å²) in [5, 5.41) is 2.37. The number of benzene rings is 1. The number of amides is 1. The number of carbonyl (C=O) groups is 1. The number of amidine groups is 1. The molecule has 1 aromatic carbocycles. The SMILES string of the molecule is CC1=C(c2cccc(Cl)c2)S(=O)(=O)N=C1N1CCCN(C(=O)c2cccs2)CC1. The van der Waals surface area contributed by atoms with E-state index in [0.29, 0.717) is 48.2 Å². The third-order valence-electron chi connectivity index (χ3n) is 5.04. The number of hydrogen-bond donors (Lipinski definition) is 0. The Kier molecular flexibility index (Phi) is 5.50. The molecule has 1 saturated heterocycles. The maximum absolute atomic E-state index is 12.8. The first-order valence-corrected chi connectivity index (χ1v) is 12.0. The van der Waals surface area contributed by atoms with Crippen molar-refractivity contribution in [1.29, 1.82) is 0 Å². The van der Waals surface area contributed by atoms with Gasteiger partial charge in [0.15, 0.2) is 0 Å². The van der Waals surface area contributed by atoms with Crippen LogP contribution >= 0.6 is 22.9 Å². The highest BCUT2D eigenvalue weighted by Crippen LogP contribution is 2.34. The van der Waals surface area contributed by atoms with Crippen molar-refractivity contribution in [3.8, 4) is 0 Å². The Morgan fingerprint density at radius 2 is 1.97 bits per heavy atom. The number of hydrogen-bond acceptors (Lipinski definition) is 5. The molecule has 29 heavy (non-hydrogen) atoms. The number of sulfonamides is 1. The summed E-state index contributed by atoms with van der Waals surface area (Å²) < 4.78 is 29.6. The van der Waals surface area contributed by atoms with Gasteiger partial charge in [0, 0.05) is 36.8 Å². The van der Waals surface area contributed by atoms with Crippen LogP contribution in [0, 0.1) is 0 Å². The van der Waals surface area contributed by atoms with Crippen LogP contribution in [-0.2, 0) is 10.0 Å². The van der Waals surface area contributed by atoms with Gasteiger partial charge in [0.2, 0.25) is 0 Å². The molecule has 0 N–H and O–H groups in total. The molecular formula is C20H20ClN3O3S2. The average Bonchev–Trinajstić information content (AvgIpc) is 3.20. The van der Waals surface area contributed by atoms with Crippen LogP contribution in [0.1, 0.15) is 28.6 Å². The van der Waals surface area contributed by atoms with E-state index >= 15 is 0 Å². The van der Waals surface area contributed by atoms with Crippen molar-refractivity contribution in [3.05, 3.63) is 62.8 Å². The molecule has 0 atom stereocenters. The van der Waals surface area contributed by atoms with E-state index < -0.39 is 10.0 Å². The molecule has 1 amide bonds. The molecule has 2 aliphatic rings. The van der Waals surface area contributed by atoms with Gasteiger partial charge in [0.1, 0.15) is 10.7 Å². The lowest BCUT2D eigenvalue weighted by molar-refractivity contribution is 0.0769. The lowest BCUT2D eigenvalue weighted by Crippen LogP contribution is -2.37. The fourth-order valence-electron chi connectivity index (χ4n) is 3.70. The van der Waals surface area contributed by atoms with Crippen LogP contribution in [0.25, 0.3) is 4.91 Å². The van der Waals surface area contributed by atoms with Gasteiger partial charge in [-0.1, -0.05) is 29.8 Å². The standard InChI is InChI=1S/C20H20ClN3O3S2/c1-14-18(15-5-2-6-16(21)13-15)29(26,27)22-19(14)23-8-4-9-24(11-10-23)20(25)17-7-3-12-28-17/h2-3,5-7,12-13H,4,8-11H2,1H3. The molecular weight excluding hydrogens is 430 g/mol. The van der Waals surface area contributed by atoms with Crippen LogP contribution in [-0.4, -0.2) is 56.1 Å². The zero-order valence-corrected chi connectivity index (χ0v) is 18.2. The van der Waals surface area contributed by atoms with Crippen molar-refractivity contribution in [1.82, 2.24) is 9.80 Å². The molecule has 6 nitrogen and oxygen atoms in total. The molecule has 1 aromatic heterocycles. The molecule has 0 radical (unpaired) electrons. The summed E-state index contributed by atoms with van der Waals surface area (Å²) in [6.45, 7) is 4.11. The normalized spacial score (nSPS) is 19.3. The van der Waals surface area contributed by atoms with Crippen LogP contribution < -0.4 is 0 Å². The van der Waals surface area contributed by atoms with E-state index in [-0.39, 0.29) is 10.8 Å². The van der Waals surface area contributed by atoms with Gasteiger partial charge in [-0.3, -0.25) is 4.79 Å². The summed E-state index contributed by atoms with van der Waals surface area (Å²) in [6.07, 6.45) is 0.746. The van der Waals surface area contributed by atoms with Gasteiger partial charge in [-0.05, 0) is 42.5 Å². The van der Waals surface area contributed by atoms with E-state index in [1.54, 1.807) is 31.2 Å². The Balaban J connectivity index is 1.58. The highest BCUT2D eigenvalue weighted by Gasteiger charge is 2.34. The molecule has 2 aliphatic heterocycles. The van der Waals surface area contributed by atoms with E-state index in [1.165, 1.54) is 11.3 Å². The molecule has 2 aromatic rings. The lowest BCUT2D eigenvalue weighted by atomic mass is 10.1. The highest BCUT2D eigenvalue weighted by atomic mass is 35.5. The number of rotatable bonds is 2. The molecule has 9 heteroatoms. The van der Waals surface area contributed by atoms with Crippen LogP contribution in [0.2, 0.25) is 5.02 Å². The van der Waals surface area contributed by atoms with E-state index in [1.807, 2.05) is 27.3 Å². The minimum absolute atomic E-state index is 0.0229. The Bertz CT molecular complexity index is 1110. The van der Waals surface area contributed by atoms with Gasteiger partial charge >= 0.3 is 0 Å². The Morgan fingerprint density at radius 3 is 2.69 bits per heavy atom. The van der Waals surface area contributed by atoms with Gasteiger partial charge in [0.05, 0.1) is 4.88 Å². The highest BCUT2D eigenvalue weighted by molar-refractivity contribution is 8.00. The molecule has 0 saturated carbocycles. The predicted octanol–water partition coefficient (Wildman–Crippen LogP) is 3.72. The topological polar surface area (TPSA) is 70.1 Å². The number of halogens is 1. The van der Waals surface area contributed by atoms with Crippen LogP contribution in [0.4, 0.5) is 0 Å². The molecule has 0 bridgehead atoms. The zero-order chi connectivity index (χ0) is 20.6. The number of thiophene rings is 1. The summed E-state index contributed by atoms with van der Waals surface area (Å²) >= 11 is 7.49. The summed E-state index contributed by atoms with van der Waals surface area (Å²) in [4.78, 5) is 17.4. The van der Waals surface area contributed by atoms with Crippen molar-refractivity contribution >= 4 is 49.6 Å². The molecule has 0 aliphatic carbocycles. The van der Waals surface area contributed by atoms with Crippen molar-refractivity contribution in [2.24, 2.45) is 4.40 Å². The molecule has 3 heterocycles. The molecule has 0 unspecified atom stereocenters. The second kappa shape index (κ2) is 7.93. The third-order valence-corrected chi connectivity index (χ3v) is 7.61. The second-order valence-electron chi connectivity index (χ2n) is 6.96. The Morgan fingerprint density at radius 1 is 1.14 bits per heavy atom. The van der Waals surface area contributed by atoms with Gasteiger partial charge < -0.3 is 9.80 Å². The number of nitrogens with zero attached hydrogens (tertiary/aromatic N) is 3. The first-order chi connectivity index (χ1) is 13.9. The molecule has 1 fully saturated rings. The largest absolute Gasteiger partial charge is 0.354 e. The summed E-state index contributed by atoms with van der Waals surface area (Å²) in [5.74, 6) is 0.486. The monoisotopic (exact) mass is 449 g/mol. The van der Waals surface area contributed by atoms with E-state index in [2.05, 4.69) is 4.40 Å². The van der Waals surface area contributed by atoms with Gasteiger partial charge in [-0.25, -0.2) is 0 Å². The predicted molar refractivity (Wildman–Crippen MR) is 117 cm³/mol. The summed E-state index contributed by atoms with van der Waals surface area (Å²) in [5.41, 5.74) is 1.16. The Hall–Kier alpha value is -2.16. The van der Waals surface area contributed by atoms with Crippen molar-refractivity contribution in [2.75, 3.05) is 26.2 Å². The fraction of sp³-hybridized carbons (Fsp3) is 0.300. The first kappa shape index (κ1) is 20.1. The number of carbonyl (C=O) groups excluding carboxylic acids is 1. The minimum atomic E-state index is -3.79. The summed E-state index contributed by atoms with van der Waals surface area (Å²) in [7, 11) is -3.79. The van der Waals surface area contributed by atoms with Crippen LogP contribution in [0.3, 0.4) is 0 Å². The first-order valence-electron chi connectivity index (χ1n) is 9.27. The van der Waals surface area contributed by atoms with Crippen LogP contribution in [0.15, 0.2) is 51.7 Å². The maximum atomic E-state index is 12.8. The smallest absolute Gasteiger partial charge is 0.285 e. The zero-order valence-electron chi connectivity index (χ0n) is 15.8. The van der Waals surface area contributed by atoms with E-state index in [4.69, 9.17) is 11.6 Å². The van der Waals surface area contributed by atoms with Crippen molar-refractivity contribution in [3.63, 3.8) is 0 Å². The maximum Gasteiger partial charge on any atom is 0.285 e. The average molecular weight is 450 g/mol. The third kappa shape index (κ3) is 3.97. The quantitative estimate of drug-likeness (QED) is 0.700. The molecule has 0 spiro atoms. The van der Waals surface area contributed by atoms with Crippen molar-refractivity contribution < 1.29 is 13.2 Å². The van der Waals surface area contributed by atoms with E-state index in [0.717, 1.165) is 11.3 Å². The fourth-order valence-corrected chi connectivity index (χ4v) is 6.06. The second-order valence-corrected chi connectivity index (χ2v) is 9.89. The Labute approximate surface area is 179 Å². The van der Waals surface area contributed by atoms with Crippen LogP contribution in [0.5, 0.6) is 0 Å². The van der Waals surface area contributed by atoms with Gasteiger partial charge in [0.25, 0.3) is 15.9 Å². The lowest BCUT2D eigenvalue weighted by Gasteiger charge is -2.23. The van der Waals surface area contributed by atoms with E-state index in [9.17, 15) is 13.2 Å². The van der Waals surface area contributed by atoms with Gasteiger partial charge in [-0.2, -0.15) is 8.42 Å². The van der Waals surface area contributed by atoms with Gasteiger partial charge in [-0.15, -0.1) is 15.7 Å². The summed E-state index contributed by atoms with van der Waals surface area (Å²) in [6, 6.07) is 10.5. The molecule has 152 valence electrons. The van der Waals surface area contributed by atoms with Crippen molar-refractivity contribution in [2.45, 2.75) is 13.3 Å². The minimum Gasteiger partial charge on any atom is -0.354 e.